The van der Waals surface area contributed by atoms with Crippen LogP contribution >= 0.6 is 11.8 Å². The molecule has 0 atom stereocenters. The van der Waals surface area contributed by atoms with Crippen LogP contribution in [-0.4, -0.2) is 60.7 Å². The van der Waals surface area contributed by atoms with Crippen molar-refractivity contribution in [3.05, 3.63) is 66.0 Å². The molecule has 0 unspecified atom stereocenters. The van der Waals surface area contributed by atoms with Gasteiger partial charge in [0.1, 0.15) is 5.82 Å². The monoisotopic (exact) mass is 401 g/mol. The lowest BCUT2D eigenvalue weighted by Gasteiger charge is -2.34. The molecule has 0 bridgehead atoms. The molecule has 6 heteroatoms. The predicted octanol–water partition coefficient (Wildman–Crippen LogP) is 3.24. The topological polar surface area (TPSA) is 35.6 Å². The van der Waals surface area contributed by atoms with Gasteiger partial charge in [0, 0.05) is 44.2 Å². The number of halogens is 1. The molecule has 3 rings (SSSR count). The highest BCUT2D eigenvalue weighted by Crippen LogP contribution is 2.18. The molecule has 1 aliphatic rings. The Kier molecular flexibility index (Phi) is 8.33. The highest BCUT2D eigenvalue weighted by molar-refractivity contribution is 7.99. The molecule has 0 aliphatic carbocycles. The molecule has 1 aliphatic heterocycles. The van der Waals surface area contributed by atoms with Gasteiger partial charge in [-0.25, -0.2) is 4.39 Å². The van der Waals surface area contributed by atoms with Gasteiger partial charge in [0.2, 0.25) is 5.91 Å². The number of carbonyl (C=O) groups excluding carboxylic acids is 1. The molecular weight excluding hydrogens is 373 g/mol. The van der Waals surface area contributed by atoms with E-state index in [2.05, 4.69) is 39.4 Å². The molecule has 0 saturated carbocycles. The van der Waals surface area contributed by atoms with E-state index in [1.165, 1.54) is 17.7 Å². The first-order valence-corrected chi connectivity index (χ1v) is 10.8. The SMILES string of the molecule is O=C(CN1CCN(Cc2ccccc2)CC1)NCCCSc1ccc(F)cc1. The predicted molar refractivity (Wildman–Crippen MR) is 113 cm³/mol. The quantitative estimate of drug-likeness (QED) is 0.517. The van der Waals surface area contributed by atoms with Crippen molar-refractivity contribution in [3.63, 3.8) is 0 Å². The van der Waals surface area contributed by atoms with Crippen LogP contribution in [0.4, 0.5) is 4.39 Å². The number of thioether (sulfide) groups is 1. The molecule has 2 aromatic rings. The maximum atomic E-state index is 12.9. The summed E-state index contributed by atoms with van der Waals surface area (Å²) in [4.78, 5) is 17.9. The van der Waals surface area contributed by atoms with Crippen LogP contribution in [0.15, 0.2) is 59.5 Å². The highest BCUT2D eigenvalue weighted by atomic mass is 32.2. The van der Waals surface area contributed by atoms with E-state index in [1.54, 1.807) is 23.9 Å². The van der Waals surface area contributed by atoms with Crippen LogP contribution in [0.3, 0.4) is 0 Å². The van der Waals surface area contributed by atoms with E-state index in [-0.39, 0.29) is 11.7 Å². The first kappa shape index (κ1) is 20.8. The van der Waals surface area contributed by atoms with Crippen LogP contribution in [0, 0.1) is 5.82 Å². The Hall–Kier alpha value is -1.89. The number of nitrogens with one attached hydrogen (secondary N) is 1. The van der Waals surface area contributed by atoms with Gasteiger partial charge < -0.3 is 5.32 Å². The summed E-state index contributed by atoms with van der Waals surface area (Å²) in [6.45, 7) is 5.99. The molecule has 0 radical (unpaired) electrons. The highest BCUT2D eigenvalue weighted by Gasteiger charge is 2.18. The zero-order chi connectivity index (χ0) is 19.6. The van der Waals surface area contributed by atoms with Crippen molar-refractivity contribution in [2.24, 2.45) is 0 Å². The summed E-state index contributed by atoms with van der Waals surface area (Å²) >= 11 is 1.68. The van der Waals surface area contributed by atoms with Crippen molar-refractivity contribution in [2.45, 2.75) is 17.9 Å². The molecular formula is C22H28FN3OS. The summed E-state index contributed by atoms with van der Waals surface area (Å²) < 4.78 is 12.9. The molecule has 2 aromatic carbocycles. The minimum atomic E-state index is -0.211. The van der Waals surface area contributed by atoms with Crippen molar-refractivity contribution in [3.8, 4) is 0 Å². The molecule has 4 nitrogen and oxygen atoms in total. The van der Waals surface area contributed by atoms with Crippen molar-refractivity contribution in [1.82, 2.24) is 15.1 Å². The molecule has 1 heterocycles. The van der Waals surface area contributed by atoms with Gasteiger partial charge in [-0.3, -0.25) is 14.6 Å². The summed E-state index contributed by atoms with van der Waals surface area (Å²) in [6, 6.07) is 17.0. The normalized spacial score (nSPS) is 15.5. The first-order valence-electron chi connectivity index (χ1n) is 9.83. The Morgan fingerprint density at radius 2 is 1.64 bits per heavy atom. The standard InChI is InChI=1S/C22H28FN3OS/c23-20-7-9-21(10-8-20)28-16-4-11-24-22(27)18-26-14-12-25(13-15-26)17-19-5-2-1-3-6-19/h1-3,5-10H,4,11-18H2,(H,24,27). The average molecular weight is 402 g/mol. The van der Waals surface area contributed by atoms with Gasteiger partial charge in [0.25, 0.3) is 0 Å². The van der Waals surface area contributed by atoms with E-state index in [0.717, 1.165) is 49.8 Å². The molecule has 0 aromatic heterocycles. The van der Waals surface area contributed by atoms with Crippen molar-refractivity contribution in [2.75, 3.05) is 45.0 Å². The second-order valence-electron chi connectivity index (χ2n) is 7.04. The third-order valence-electron chi connectivity index (χ3n) is 4.81. The summed E-state index contributed by atoms with van der Waals surface area (Å²) in [5, 5.41) is 3.01. The summed E-state index contributed by atoms with van der Waals surface area (Å²) in [5.74, 6) is 0.796. The molecule has 150 valence electrons. The van der Waals surface area contributed by atoms with E-state index in [9.17, 15) is 9.18 Å². The smallest absolute Gasteiger partial charge is 0.234 e. The van der Waals surface area contributed by atoms with Gasteiger partial charge in [-0.1, -0.05) is 30.3 Å². The van der Waals surface area contributed by atoms with Crippen molar-refractivity contribution < 1.29 is 9.18 Å². The van der Waals surface area contributed by atoms with Crippen LogP contribution in [0.1, 0.15) is 12.0 Å². The van der Waals surface area contributed by atoms with Crippen LogP contribution in [0.25, 0.3) is 0 Å². The number of nitrogens with zero attached hydrogens (tertiary/aromatic N) is 2. The lowest BCUT2D eigenvalue weighted by atomic mass is 10.2. The zero-order valence-electron chi connectivity index (χ0n) is 16.1. The number of rotatable bonds is 9. The van der Waals surface area contributed by atoms with Gasteiger partial charge in [-0.2, -0.15) is 0 Å². The molecule has 1 N–H and O–H groups in total. The number of hydrogen-bond acceptors (Lipinski definition) is 4. The lowest BCUT2D eigenvalue weighted by Crippen LogP contribution is -2.49. The van der Waals surface area contributed by atoms with Gasteiger partial charge in [0.15, 0.2) is 0 Å². The third kappa shape index (κ3) is 7.26. The van der Waals surface area contributed by atoms with Gasteiger partial charge >= 0.3 is 0 Å². The Morgan fingerprint density at radius 1 is 0.964 bits per heavy atom. The van der Waals surface area contributed by atoms with Crippen LogP contribution < -0.4 is 5.32 Å². The number of amides is 1. The number of piperazine rings is 1. The molecule has 1 fully saturated rings. The number of benzene rings is 2. The first-order chi connectivity index (χ1) is 13.7. The largest absolute Gasteiger partial charge is 0.355 e. The second kappa shape index (κ2) is 11.2. The summed E-state index contributed by atoms with van der Waals surface area (Å²) in [5.41, 5.74) is 1.34. The molecule has 28 heavy (non-hydrogen) atoms. The lowest BCUT2D eigenvalue weighted by molar-refractivity contribution is -0.122. The van der Waals surface area contributed by atoms with Crippen LogP contribution in [0.5, 0.6) is 0 Å². The van der Waals surface area contributed by atoms with Crippen LogP contribution in [-0.2, 0) is 11.3 Å². The van der Waals surface area contributed by atoms with Gasteiger partial charge in [-0.15, -0.1) is 11.8 Å². The fraction of sp³-hybridized carbons (Fsp3) is 0.409. The second-order valence-corrected chi connectivity index (χ2v) is 8.21. The molecule has 0 spiro atoms. The zero-order valence-corrected chi connectivity index (χ0v) is 17.0. The summed E-state index contributed by atoms with van der Waals surface area (Å²) in [7, 11) is 0. The maximum Gasteiger partial charge on any atom is 0.234 e. The van der Waals surface area contributed by atoms with Crippen LogP contribution in [0.2, 0.25) is 0 Å². The maximum absolute atomic E-state index is 12.9. The Bertz CT molecular complexity index is 718. The fourth-order valence-corrected chi connectivity index (χ4v) is 4.08. The number of carbonyl (C=O) groups is 1. The third-order valence-corrected chi connectivity index (χ3v) is 5.91. The minimum Gasteiger partial charge on any atom is -0.355 e. The van der Waals surface area contributed by atoms with E-state index in [0.29, 0.717) is 13.1 Å². The van der Waals surface area contributed by atoms with E-state index in [1.807, 2.05) is 6.07 Å². The fourth-order valence-electron chi connectivity index (χ4n) is 3.23. The van der Waals surface area contributed by atoms with E-state index < -0.39 is 0 Å². The molecule has 1 amide bonds. The van der Waals surface area contributed by atoms with Gasteiger partial charge in [-0.05, 0) is 42.0 Å². The van der Waals surface area contributed by atoms with E-state index >= 15 is 0 Å². The Labute approximate surface area is 171 Å². The molecule has 1 saturated heterocycles. The van der Waals surface area contributed by atoms with E-state index in [4.69, 9.17) is 0 Å². The Morgan fingerprint density at radius 3 is 2.36 bits per heavy atom. The summed E-state index contributed by atoms with van der Waals surface area (Å²) in [6.07, 6.45) is 0.901. The minimum absolute atomic E-state index is 0.100. The number of hydrogen-bond donors (Lipinski definition) is 1. The Balaban J connectivity index is 1.25. The average Bonchev–Trinajstić information content (AvgIpc) is 2.71. The van der Waals surface area contributed by atoms with Crippen molar-refractivity contribution in [1.29, 1.82) is 0 Å². The van der Waals surface area contributed by atoms with Gasteiger partial charge in [0.05, 0.1) is 6.54 Å². The van der Waals surface area contributed by atoms with Crippen molar-refractivity contribution >= 4 is 17.7 Å².